The lowest BCUT2D eigenvalue weighted by Crippen LogP contribution is -2.52. The van der Waals surface area contributed by atoms with Crippen molar-refractivity contribution in [3.8, 4) is 5.75 Å². The smallest absolute Gasteiger partial charge is 0.313 e. The van der Waals surface area contributed by atoms with Gasteiger partial charge in [-0.2, -0.15) is 0 Å². The van der Waals surface area contributed by atoms with Gasteiger partial charge in [0, 0.05) is 13.1 Å². The number of nitrogens with zero attached hydrogens (tertiary/aromatic N) is 1. The third kappa shape index (κ3) is 3.64. The zero-order valence-electron chi connectivity index (χ0n) is 11.4. The normalized spacial score (nSPS) is 21.4. The first-order chi connectivity index (χ1) is 9.37. The zero-order chi connectivity index (χ0) is 14.8. The number of benzene rings is 1. The lowest BCUT2D eigenvalue weighted by molar-refractivity contribution is -0.386. The molecular weight excluding hydrogens is 267 g/mol. The quantitative estimate of drug-likeness (QED) is 0.675. The summed E-state index contributed by atoms with van der Waals surface area (Å²) in [7, 11) is 0. The van der Waals surface area contributed by atoms with E-state index in [1.54, 1.807) is 0 Å². The summed E-state index contributed by atoms with van der Waals surface area (Å²) in [5.74, 6) is -0.621. The van der Waals surface area contributed by atoms with Gasteiger partial charge in [0.2, 0.25) is 0 Å². The molecule has 1 atom stereocenters. The first-order valence-electron chi connectivity index (χ1n) is 6.33. The number of nitro groups is 1. The molecule has 1 heterocycles. The molecule has 6 nitrogen and oxygen atoms in total. The Morgan fingerprint density at radius 3 is 3.00 bits per heavy atom. The predicted molar refractivity (Wildman–Crippen MR) is 70.4 cm³/mol. The van der Waals surface area contributed by atoms with Crippen LogP contribution in [0.5, 0.6) is 5.75 Å². The van der Waals surface area contributed by atoms with Crippen molar-refractivity contribution in [1.82, 2.24) is 5.32 Å². The standard InChI is InChI=1S/C13H17FN2O4/c1-13(2)8-15-6-10(20-13)7-19-12-4-3-9(14)5-11(12)16(17)18/h3-5,10,15H,6-8H2,1-2H3. The fourth-order valence-corrected chi connectivity index (χ4v) is 2.10. The molecule has 1 fully saturated rings. The van der Waals surface area contributed by atoms with Crippen molar-refractivity contribution in [2.24, 2.45) is 0 Å². The Morgan fingerprint density at radius 2 is 2.35 bits per heavy atom. The Kier molecular flexibility index (Phi) is 4.20. The molecule has 1 aliphatic rings. The molecule has 0 saturated carbocycles. The molecule has 110 valence electrons. The van der Waals surface area contributed by atoms with E-state index < -0.39 is 10.7 Å². The van der Waals surface area contributed by atoms with Gasteiger partial charge in [-0.05, 0) is 26.0 Å². The second-order valence-electron chi connectivity index (χ2n) is 5.31. The van der Waals surface area contributed by atoms with E-state index in [9.17, 15) is 14.5 Å². The van der Waals surface area contributed by atoms with Crippen LogP contribution in [-0.2, 0) is 4.74 Å². The van der Waals surface area contributed by atoms with Crippen LogP contribution in [-0.4, -0.2) is 36.3 Å². The minimum atomic E-state index is -0.666. The summed E-state index contributed by atoms with van der Waals surface area (Å²) in [5.41, 5.74) is -0.686. The van der Waals surface area contributed by atoms with Gasteiger partial charge < -0.3 is 14.8 Å². The van der Waals surface area contributed by atoms with E-state index >= 15 is 0 Å². The third-order valence-corrected chi connectivity index (χ3v) is 2.95. The average molecular weight is 284 g/mol. The van der Waals surface area contributed by atoms with Gasteiger partial charge >= 0.3 is 5.69 Å². The Labute approximate surface area is 116 Å². The summed E-state index contributed by atoms with van der Waals surface area (Å²) in [6, 6.07) is 3.24. The topological polar surface area (TPSA) is 73.6 Å². The molecular formula is C13H17FN2O4. The number of halogens is 1. The monoisotopic (exact) mass is 284 g/mol. The molecule has 1 saturated heterocycles. The van der Waals surface area contributed by atoms with Gasteiger partial charge in [-0.1, -0.05) is 0 Å². The van der Waals surface area contributed by atoms with Crippen LogP contribution in [0.2, 0.25) is 0 Å². The highest BCUT2D eigenvalue weighted by Gasteiger charge is 2.29. The number of rotatable bonds is 4. The highest BCUT2D eigenvalue weighted by atomic mass is 19.1. The minimum Gasteiger partial charge on any atom is -0.484 e. The van der Waals surface area contributed by atoms with Gasteiger partial charge in [0.25, 0.3) is 0 Å². The van der Waals surface area contributed by atoms with Crippen LogP contribution >= 0.6 is 0 Å². The number of ether oxygens (including phenoxy) is 2. The number of hydrogen-bond acceptors (Lipinski definition) is 5. The Morgan fingerprint density at radius 1 is 1.60 bits per heavy atom. The molecule has 2 rings (SSSR count). The first-order valence-corrected chi connectivity index (χ1v) is 6.33. The second-order valence-corrected chi connectivity index (χ2v) is 5.31. The van der Waals surface area contributed by atoms with E-state index in [0.717, 1.165) is 18.7 Å². The first kappa shape index (κ1) is 14.7. The van der Waals surface area contributed by atoms with Crippen LogP contribution in [0.15, 0.2) is 18.2 Å². The molecule has 1 aliphatic heterocycles. The van der Waals surface area contributed by atoms with Crippen molar-refractivity contribution in [3.05, 3.63) is 34.1 Å². The van der Waals surface area contributed by atoms with Gasteiger partial charge in [-0.15, -0.1) is 0 Å². The number of hydrogen-bond donors (Lipinski definition) is 1. The molecule has 1 unspecified atom stereocenters. The largest absolute Gasteiger partial charge is 0.484 e. The zero-order valence-corrected chi connectivity index (χ0v) is 11.4. The molecule has 1 aromatic carbocycles. The van der Waals surface area contributed by atoms with E-state index in [1.165, 1.54) is 6.07 Å². The SMILES string of the molecule is CC1(C)CNCC(COc2ccc(F)cc2[N+](=O)[O-])O1. The summed E-state index contributed by atoms with van der Waals surface area (Å²) in [6.45, 7) is 5.42. The summed E-state index contributed by atoms with van der Waals surface area (Å²) in [5, 5.41) is 14.1. The maximum atomic E-state index is 13.0. The molecule has 0 amide bonds. The Bertz CT molecular complexity index is 507. The average Bonchev–Trinajstić information content (AvgIpc) is 2.36. The molecule has 0 spiro atoms. The Balaban J connectivity index is 2.02. The minimum absolute atomic E-state index is 0.0448. The van der Waals surface area contributed by atoms with Crippen LogP contribution in [0.25, 0.3) is 0 Å². The number of nitrogens with one attached hydrogen (secondary N) is 1. The van der Waals surface area contributed by atoms with E-state index in [0.29, 0.717) is 6.54 Å². The van der Waals surface area contributed by atoms with Crippen LogP contribution in [0, 0.1) is 15.9 Å². The van der Waals surface area contributed by atoms with Crippen molar-refractivity contribution in [3.63, 3.8) is 0 Å². The van der Waals surface area contributed by atoms with Crippen LogP contribution in [0.3, 0.4) is 0 Å². The molecule has 7 heteroatoms. The molecule has 0 bridgehead atoms. The van der Waals surface area contributed by atoms with Crippen molar-refractivity contribution in [2.45, 2.75) is 25.6 Å². The maximum absolute atomic E-state index is 13.0. The fourth-order valence-electron chi connectivity index (χ4n) is 2.10. The highest BCUT2D eigenvalue weighted by Crippen LogP contribution is 2.28. The Hall–Kier alpha value is -1.73. The number of morpholine rings is 1. The van der Waals surface area contributed by atoms with E-state index in [4.69, 9.17) is 9.47 Å². The van der Waals surface area contributed by atoms with Gasteiger partial charge in [0.15, 0.2) is 5.75 Å². The van der Waals surface area contributed by atoms with Gasteiger partial charge in [0.1, 0.15) is 18.5 Å². The van der Waals surface area contributed by atoms with Gasteiger partial charge in [0.05, 0.1) is 16.6 Å². The molecule has 1 N–H and O–H groups in total. The van der Waals surface area contributed by atoms with E-state index in [2.05, 4.69) is 5.32 Å². The molecule has 1 aromatic rings. The molecule has 20 heavy (non-hydrogen) atoms. The second kappa shape index (κ2) is 5.72. The lowest BCUT2D eigenvalue weighted by Gasteiger charge is -2.36. The van der Waals surface area contributed by atoms with Crippen molar-refractivity contribution >= 4 is 5.69 Å². The fraction of sp³-hybridized carbons (Fsp3) is 0.538. The molecule has 0 aliphatic carbocycles. The van der Waals surface area contributed by atoms with Crippen LogP contribution in [0.4, 0.5) is 10.1 Å². The predicted octanol–water partition coefficient (Wildman–Crippen LogP) is 1.88. The summed E-state index contributed by atoms with van der Waals surface area (Å²) >= 11 is 0. The van der Waals surface area contributed by atoms with Crippen molar-refractivity contribution in [2.75, 3.05) is 19.7 Å². The molecule has 0 radical (unpaired) electrons. The summed E-state index contributed by atoms with van der Waals surface area (Å²) in [4.78, 5) is 10.2. The van der Waals surface area contributed by atoms with Crippen molar-refractivity contribution in [1.29, 1.82) is 0 Å². The molecule has 0 aromatic heterocycles. The summed E-state index contributed by atoms with van der Waals surface area (Å²) in [6.07, 6.45) is -0.205. The van der Waals surface area contributed by atoms with Crippen LogP contribution < -0.4 is 10.1 Å². The summed E-state index contributed by atoms with van der Waals surface area (Å²) < 4.78 is 24.2. The van der Waals surface area contributed by atoms with Crippen molar-refractivity contribution < 1.29 is 18.8 Å². The number of nitro benzene ring substituents is 1. The third-order valence-electron chi connectivity index (χ3n) is 2.95. The van der Waals surface area contributed by atoms with Crippen LogP contribution in [0.1, 0.15) is 13.8 Å². The van der Waals surface area contributed by atoms with E-state index in [1.807, 2.05) is 13.8 Å². The highest BCUT2D eigenvalue weighted by molar-refractivity contribution is 5.46. The van der Waals surface area contributed by atoms with Gasteiger partial charge in [-0.25, -0.2) is 4.39 Å². The maximum Gasteiger partial charge on any atom is 0.313 e. The van der Waals surface area contributed by atoms with E-state index in [-0.39, 0.29) is 29.7 Å². The lowest BCUT2D eigenvalue weighted by atomic mass is 10.1. The van der Waals surface area contributed by atoms with Gasteiger partial charge in [-0.3, -0.25) is 10.1 Å².